The second-order valence-corrected chi connectivity index (χ2v) is 8.59. The quantitative estimate of drug-likeness (QED) is 0.408. The number of pyridine rings is 1. The van der Waals surface area contributed by atoms with E-state index in [4.69, 9.17) is 17.3 Å². The highest BCUT2D eigenvalue weighted by molar-refractivity contribution is 6.33. The third-order valence-corrected chi connectivity index (χ3v) is 5.81. The van der Waals surface area contributed by atoms with Crippen LogP contribution in [0.3, 0.4) is 0 Å². The highest BCUT2D eigenvalue weighted by atomic mass is 35.5. The fourth-order valence-corrected chi connectivity index (χ4v) is 4.05. The lowest BCUT2D eigenvalue weighted by atomic mass is 10.1. The summed E-state index contributed by atoms with van der Waals surface area (Å²) >= 11 is 6.27. The first-order valence-corrected chi connectivity index (χ1v) is 12.4. The zero-order chi connectivity index (χ0) is 24.7. The largest absolute Gasteiger partial charge is 0.368 e. The molecule has 0 amide bonds. The van der Waals surface area contributed by atoms with Crippen LogP contribution in [0.2, 0.25) is 5.02 Å². The van der Waals surface area contributed by atoms with Gasteiger partial charge in [-0.25, -0.2) is 14.5 Å². The molecule has 0 bridgehead atoms. The van der Waals surface area contributed by atoms with Crippen LogP contribution in [0, 0.1) is 0 Å². The Morgan fingerprint density at radius 1 is 1.00 bits per heavy atom. The Kier molecular flexibility index (Phi) is 9.01. The summed E-state index contributed by atoms with van der Waals surface area (Å²) in [6, 6.07) is 4.54. The number of halogens is 1. The van der Waals surface area contributed by atoms with Crippen LogP contribution in [-0.4, -0.2) is 54.4 Å². The molecule has 0 aliphatic carbocycles. The fraction of sp³-hybridized carbons (Fsp3) is 0.440. The van der Waals surface area contributed by atoms with Gasteiger partial charge in [-0.2, -0.15) is 10.2 Å². The monoisotopic (exact) mass is 482 g/mol. The van der Waals surface area contributed by atoms with Crippen LogP contribution in [0.4, 0.5) is 5.95 Å². The normalized spacial score (nSPS) is 14.3. The molecule has 0 unspecified atom stereocenters. The minimum absolute atomic E-state index is 0.182. The van der Waals surface area contributed by atoms with Crippen LogP contribution < -0.4 is 5.73 Å². The van der Waals surface area contributed by atoms with Gasteiger partial charge in [0.1, 0.15) is 0 Å². The van der Waals surface area contributed by atoms with Crippen molar-refractivity contribution in [3.8, 4) is 22.4 Å². The van der Waals surface area contributed by atoms with E-state index in [9.17, 15) is 0 Å². The van der Waals surface area contributed by atoms with Gasteiger partial charge in [0, 0.05) is 29.1 Å². The summed E-state index contributed by atoms with van der Waals surface area (Å²) in [4.78, 5) is 10.6. The molecule has 0 spiro atoms. The van der Waals surface area contributed by atoms with E-state index in [1.165, 1.54) is 12.6 Å². The molecule has 1 aliphatic rings. The average molecular weight is 483 g/mol. The van der Waals surface area contributed by atoms with Crippen LogP contribution in [0.15, 0.2) is 43.1 Å². The number of likely N-dealkylation sites (tertiary alicyclic amines) is 1. The van der Waals surface area contributed by atoms with Crippen LogP contribution >= 0.6 is 11.6 Å². The third-order valence-electron chi connectivity index (χ3n) is 5.53. The number of hydrogen-bond acceptors (Lipinski definition) is 6. The van der Waals surface area contributed by atoms with Gasteiger partial charge in [-0.1, -0.05) is 51.8 Å². The van der Waals surface area contributed by atoms with Gasteiger partial charge in [0.25, 0.3) is 0 Å². The van der Waals surface area contributed by atoms with Crippen molar-refractivity contribution in [1.82, 2.24) is 34.3 Å². The summed E-state index contributed by atoms with van der Waals surface area (Å²) in [5.41, 5.74) is 10.2. The molecule has 5 heterocycles. The van der Waals surface area contributed by atoms with Crippen molar-refractivity contribution in [2.45, 2.75) is 53.0 Å². The molecule has 1 saturated heterocycles. The number of hydrogen-bond donors (Lipinski definition) is 1. The molecule has 5 rings (SSSR count). The van der Waals surface area contributed by atoms with Crippen molar-refractivity contribution in [1.29, 1.82) is 0 Å². The Morgan fingerprint density at radius 2 is 1.71 bits per heavy atom. The summed E-state index contributed by atoms with van der Waals surface area (Å²) in [5, 5.41) is 9.54. The van der Waals surface area contributed by atoms with Crippen molar-refractivity contribution >= 4 is 23.1 Å². The molecule has 182 valence electrons. The van der Waals surface area contributed by atoms with E-state index in [-0.39, 0.29) is 5.95 Å². The zero-order valence-electron chi connectivity index (χ0n) is 20.7. The van der Waals surface area contributed by atoms with E-state index in [2.05, 4.69) is 62.9 Å². The van der Waals surface area contributed by atoms with Crippen LogP contribution in [0.5, 0.6) is 0 Å². The highest BCUT2D eigenvalue weighted by Crippen LogP contribution is 2.31. The van der Waals surface area contributed by atoms with Crippen molar-refractivity contribution in [3.63, 3.8) is 0 Å². The Bertz CT molecular complexity index is 1190. The molecule has 0 radical (unpaired) electrons. The number of nitrogens with two attached hydrogens (primary N) is 1. The van der Waals surface area contributed by atoms with Gasteiger partial charge in [0.05, 0.1) is 40.9 Å². The Morgan fingerprint density at radius 3 is 2.41 bits per heavy atom. The summed E-state index contributed by atoms with van der Waals surface area (Å²) in [6.07, 6.45) is 12.8. The minimum atomic E-state index is 0.182. The van der Waals surface area contributed by atoms with Gasteiger partial charge in [0.15, 0.2) is 0 Å². The number of nitrogen functional groups attached to an aromatic ring is 1. The molecule has 2 N–H and O–H groups in total. The average Bonchev–Trinajstić information content (AvgIpc) is 3.50. The second-order valence-electron chi connectivity index (χ2n) is 8.18. The first-order chi connectivity index (χ1) is 16.5. The van der Waals surface area contributed by atoms with Gasteiger partial charge in [0.2, 0.25) is 5.95 Å². The predicted molar refractivity (Wildman–Crippen MR) is 140 cm³/mol. The Balaban J connectivity index is 0.000000603. The topological polar surface area (TPSA) is 90.2 Å². The minimum Gasteiger partial charge on any atom is -0.368 e. The molecule has 1 fully saturated rings. The molecule has 4 aromatic heterocycles. The van der Waals surface area contributed by atoms with Gasteiger partial charge in [-0.3, -0.25) is 4.68 Å². The maximum Gasteiger partial charge on any atom is 0.220 e. The first kappa shape index (κ1) is 25.6. The molecule has 34 heavy (non-hydrogen) atoms. The van der Waals surface area contributed by atoms with Crippen molar-refractivity contribution in [2.24, 2.45) is 0 Å². The number of aromatic nitrogens is 6. The molecule has 0 saturated carbocycles. The molecule has 0 aromatic carbocycles. The van der Waals surface area contributed by atoms with E-state index in [1.807, 2.05) is 36.8 Å². The summed E-state index contributed by atoms with van der Waals surface area (Å²) in [5.74, 6) is 0.182. The van der Waals surface area contributed by atoms with E-state index < -0.39 is 0 Å². The predicted octanol–water partition coefficient (Wildman–Crippen LogP) is 5.60. The second kappa shape index (κ2) is 11.9. The zero-order valence-corrected chi connectivity index (χ0v) is 21.5. The summed E-state index contributed by atoms with van der Waals surface area (Å²) < 4.78 is 3.93. The number of piperidine rings is 1. The van der Waals surface area contributed by atoms with Crippen molar-refractivity contribution < 1.29 is 0 Å². The van der Waals surface area contributed by atoms with E-state index in [0.717, 1.165) is 48.1 Å². The fourth-order valence-electron chi connectivity index (χ4n) is 3.85. The maximum atomic E-state index is 6.27. The van der Waals surface area contributed by atoms with Crippen LogP contribution in [0.1, 0.15) is 53.0 Å². The van der Waals surface area contributed by atoms with Crippen LogP contribution in [0.25, 0.3) is 27.9 Å². The van der Waals surface area contributed by atoms with Gasteiger partial charge >= 0.3 is 0 Å². The molecule has 9 heteroatoms. The molecular formula is C25H35ClN8. The molecular weight excluding hydrogens is 448 g/mol. The number of fused-ring (bicyclic) bond motifs is 1. The maximum absolute atomic E-state index is 6.27. The summed E-state index contributed by atoms with van der Waals surface area (Å²) in [7, 11) is 2.17. The summed E-state index contributed by atoms with van der Waals surface area (Å²) in [6.45, 7) is 10.5. The van der Waals surface area contributed by atoms with Gasteiger partial charge in [-0.05, 0) is 39.0 Å². The number of nitrogens with zero attached hydrogens (tertiary/aromatic N) is 7. The third kappa shape index (κ3) is 5.74. The lowest BCUT2D eigenvalue weighted by Crippen LogP contribution is -2.31. The lowest BCUT2D eigenvalue weighted by molar-refractivity contribution is 0.212. The van der Waals surface area contributed by atoms with Gasteiger partial charge in [-0.15, -0.1) is 0 Å². The smallest absolute Gasteiger partial charge is 0.220 e. The SMILES string of the molecule is CC.CCC.CN1CCC(n2cc(-c3ccc4c(-c5nc(N)ncc5Cl)cnn4c3)cn2)CC1. The Hall–Kier alpha value is -2.97. The van der Waals surface area contributed by atoms with E-state index in [0.29, 0.717) is 16.8 Å². The number of rotatable bonds is 3. The van der Waals surface area contributed by atoms with Crippen molar-refractivity contribution in [2.75, 3.05) is 25.9 Å². The van der Waals surface area contributed by atoms with Crippen LogP contribution in [-0.2, 0) is 0 Å². The highest BCUT2D eigenvalue weighted by Gasteiger charge is 2.19. The molecule has 0 atom stereocenters. The lowest BCUT2D eigenvalue weighted by Gasteiger charge is -2.28. The standard InChI is InChI=1S/C20H21ClN8.C3H8.C2H6/c1-27-6-4-15(5-7-27)28-12-14(8-24-28)13-2-3-18-16(9-25-29(18)11-13)19-17(21)10-23-20(22)26-19;1-3-2;1-2/h2-3,8-12,15H,4-7H2,1H3,(H2,22,23,26);3H2,1-2H3;1-2H3. The Labute approximate surface area is 206 Å². The molecule has 8 nitrogen and oxygen atoms in total. The van der Waals surface area contributed by atoms with Crippen molar-refractivity contribution in [3.05, 3.63) is 48.1 Å². The molecule has 4 aromatic rings. The van der Waals surface area contributed by atoms with Gasteiger partial charge < -0.3 is 10.6 Å². The van der Waals surface area contributed by atoms with E-state index >= 15 is 0 Å². The molecule has 1 aliphatic heterocycles. The first-order valence-electron chi connectivity index (χ1n) is 12.0. The van der Waals surface area contributed by atoms with E-state index in [1.54, 1.807) is 6.20 Å². The number of anilines is 1.